The highest BCUT2D eigenvalue weighted by atomic mass is 19.4. The fourth-order valence-corrected chi connectivity index (χ4v) is 4.00. The maximum atomic E-state index is 13.6. The largest absolute Gasteiger partial charge is 0.416 e. The van der Waals surface area contributed by atoms with Crippen LogP contribution in [0.15, 0.2) is 66.7 Å². The molecule has 4 rings (SSSR count). The number of ketones is 1. The van der Waals surface area contributed by atoms with Gasteiger partial charge in [0.05, 0.1) is 23.7 Å². The molecule has 0 atom stereocenters. The minimum Gasteiger partial charge on any atom is -0.330 e. The Balaban J connectivity index is 1.83. The van der Waals surface area contributed by atoms with E-state index in [9.17, 15) is 44.3 Å². The van der Waals surface area contributed by atoms with E-state index in [1.807, 2.05) is 0 Å². The maximum absolute atomic E-state index is 13.6. The second-order valence-electron chi connectivity index (χ2n) is 8.91. The van der Waals surface area contributed by atoms with Crippen LogP contribution in [0.2, 0.25) is 0 Å². The van der Waals surface area contributed by atoms with Gasteiger partial charge in [-0.25, -0.2) is 0 Å². The van der Waals surface area contributed by atoms with Crippen molar-refractivity contribution in [1.29, 1.82) is 0 Å². The summed E-state index contributed by atoms with van der Waals surface area (Å²) in [4.78, 5) is 15.2. The van der Waals surface area contributed by atoms with Crippen LogP contribution in [0.3, 0.4) is 0 Å². The smallest absolute Gasteiger partial charge is 0.330 e. The molecule has 0 aliphatic carbocycles. The molecule has 15 heteroatoms. The molecular formula is C26H18F9N5O. The van der Waals surface area contributed by atoms with Crippen molar-refractivity contribution in [3.8, 4) is 0 Å². The molecule has 0 radical (unpaired) electrons. The van der Waals surface area contributed by atoms with Crippen molar-refractivity contribution >= 4 is 11.7 Å². The molecule has 0 amide bonds. The Kier molecular flexibility index (Phi) is 7.83. The first-order chi connectivity index (χ1) is 19.0. The number of anilines is 1. The number of benzene rings is 3. The standard InChI is InChI=1S/C26H18F9N5O/c1-39-37-23(36-38-39)40(13-15-9-19(25(30,31)32)12-20(10-15)26(33,34)35)14-17-11-18(24(27,28)29)7-8-21(17)22(41)16-5-3-2-4-6-16/h2-12H,13-14H2,1H3. The first-order valence-corrected chi connectivity index (χ1v) is 11.6. The molecule has 0 unspecified atom stereocenters. The van der Waals surface area contributed by atoms with Gasteiger partial charge in [-0.1, -0.05) is 41.5 Å². The second-order valence-corrected chi connectivity index (χ2v) is 8.91. The molecule has 0 N–H and O–H groups in total. The van der Waals surface area contributed by atoms with E-state index in [2.05, 4.69) is 15.4 Å². The van der Waals surface area contributed by atoms with Gasteiger partial charge in [0.25, 0.3) is 5.95 Å². The number of hydrogen-bond acceptors (Lipinski definition) is 5. The summed E-state index contributed by atoms with van der Waals surface area (Å²) in [7, 11) is 1.33. The van der Waals surface area contributed by atoms with E-state index in [4.69, 9.17) is 0 Å². The third kappa shape index (κ3) is 7.02. The lowest BCUT2D eigenvalue weighted by Gasteiger charge is -2.24. The molecule has 0 saturated heterocycles. The van der Waals surface area contributed by atoms with Crippen LogP contribution in [0.5, 0.6) is 0 Å². The summed E-state index contributed by atoms with van der Waals surface area (Å²) in [5.74, 6) is -0.964. The lowest BCUT2D eigenvalue weighted by atomic mass is 9.95. The quantitative estimate of drug-likeness (QED) is 0.178. The number of tetrazole rings is 1. The van der Waals surface area contributed by atoms with Gasteiger partial charge in [-0.3, -0.25) is 4.79 Å². The highest BCUT2D eigenvalue weighted by Crippen LogP contribution is 2.37. The van der Waals surface area contributed by atoms with E-state index < -0.39 is 59.7 Å². The van der Waals surface area contributed by atoms with Gasteiger partial charge in [-0.05, 0) is 46.7 Å². The van der Waals surface area contributed by atoms with Crippen LogP contribution in [0, 0.1) is 0 Å². The Morgan fingerprint density at radius 3 is 1.85 bits per heavy atom. The number of halogens is 9. The molecule has 0 spiro atoms. The summed E-state index contributed by atoms with van der Waals surface area (Å²) in [5.41, 5.74) is -5.00. The maximum Gasteiger partial charge on any atom is 0.416 e. The third-order valence-electron chi connectivity index (χ3n) is 5.88. The van der Waals surface area contributed by atoms with Gasteiger partial charge in [0.2, 0.25) is 0 Å². The summed E-state index contributed by atoms with van der Waals surface area (Å²) >= 11 is 0. The Morgan fingerprint density at radius 1 is 0.756 bits per heavy atom. The molecule has 1 heterocycles. The Hall–Kier alpha value is -4.43. The van der Waals surface area contributed by atoms with Gasteiger partial charge in [0.1, 0.15) is 0 Å². The average Bonchev–Trinajstić information content (AvgIpc) is 3.33. The van der Waals surface area contributed by atoms with E-state index in [-0.39, 0.29) is 28.7 Å². The normalized spacial score (nSPS) is 12.4. The van der Waals surface area contributed by atoms with Gasteiger partial charge >= 0.3 is 18.5 Å². The van der Waals surface area contributed by atoms with Crippen LogP contribution in [0.4, 0.5) is 45.5 Å². The highest BCUT2D eigenvalue weighted by molar-refractivity contribution is 6.10. The summed E-state index contributed by atoms with van der Waals surface area (Å²) < 4.78 is 121. The van der Waals surface area contributed by atoms with Crippen LogP contribution in [-0.4, -0.2) is 26.0 Å². The molecule has 41 heavy (non-hydrogen) atoms. The van der Waals surface area contributed by atoms with E-state index in [0.717, 1.165) is 15.8 Å². The Labute approximate surface area is 226 Å². The van der Waals surface area contributed by atoms with Crippen LogP contribution < -0.4 is 4.90 Å². The van der Waals surface area contributed by atoms with Crippen LogP contribution in [0.1, 0.15) is 43.7 Å². The van der Waals surface area contributed by atoms with Gasteiger partial charge < -0.3 is 4.90 Å². The zero-order chi connectivity index (χ0) is 30.2. The lowest BCUT2D eigenvalue weighted by Crippen LogP contribution is -2.26. The number of aryl methyl sites for hydroxylation is 1. The number of aromatic nitrogens is 4. The number of alkyl halides is 9. The molecule has 0 fully saturated rings. The van der Waals surface area contributed by atoms with Gasteiger partial charge in [0.15, 0.2) is 5.78 Å². The fraction of sp³-hybridized carbons (Fsp3) is 0.231. The number of nitrogens with zero attached hydrogens (tertiary/aromatic N) is 5. The average molecular weight is 587 g/mol. The van der Waals surface area contributed by atoms with Crippen molar-refractivity contribution in [2.75, 3.05) is 4.90 Å². The highest BCUT2D eigenvalue weighted by Gasteiger charge is 2.37. The van der Waals surface area contributed by atoms with Gasteiger partial charge in [0, 0.05) is 24.2 Å². The molecule has 3 aromatic carbocycles. The van der Waals surface area contributed by atoms with Crippen molar-refractivity contribution in [2.45, 2.75) is 31.6 Å². The van der Waals surface area contributed by atoms with Gasteiger partial charge in [-0.15, -0.1) is 5.10 Å². The third-order valence-corrected chi connectivity index (χ3v) is 5.88. The minimum absolute atomic E-state index is 0.0438. The van der Waals surface area contributed by atoms with Crippen molar-refractivity contribution in [2.24, 2.45) is 7.05 Å². The molecular weight excluding hydrogens is 569 g/mol. The molecule has 216 valence electrons. The molecule has 0 aliphatic rings. The van der Waals surface area contributed by atoms with E-state index in [1.165, 1.54) is 19.2 Å². The summed E-state index contributed by atoms with van der Waals surface area (Å²) in [6.07, 6.45) is -15.1. The minimum atomic E-state index is -5.12. The zero-order valence-corrected chi connectivity index (χ0v) is 20.8. The number of carbonyl (C=O) groups excluding carboxylic acids is 1. The summed E-state index contributed by atoms with van der Waals surface area (Å²) in [6.45, 7) is -1.30. The van der Waals surface area contributed by atoms with E-state index >= 15 is 0 Å². The molecule has 4 aromatic rings. The number of carbonyl (C=O) groups is 1. The van der Waals surface area contributed by atoms with Crippen molar-refractivity contribution in [3.05, 3.63) is 106 Å². The summed E-state index contributed by atoms with van der Waals surface area (Å²) in [6, 6.07) is 10.9. The number of hydrogen-bond donors (Lipinski definition) is 0. The molecule has 1 aromatic heterocycles. The van der Waals surface area contributed by atoms with Crippen molar-refractivity contribution < 1.29 is 44.3 Å². The molecule has 6 nitrogen and oxygen atoms in total. The molecule has 0 aliphatic heterocycles. The predicted octanol–water partition coefficient (Wildman–Crippen LogP) is 6.70. The van der Waals surface area contributed by atoms with Crippen molar-refractivity contribution in [1.82, 2.24) is 20.2 Å². The zero-order valence-electron chi connectivity index (χ0n) is 20.8. The monoisotopic (exact) mass is 587 g/mol. The topological polar surface area (TPSA) is 63.9 Å². The summed E-state index contributed by atoms with van der Waals surface area (Å²) in [5, 5.41) is 11.3. The predicted molar refractivity (Wildman–Crippen MR) is 126 cm³/mol. The first kappa shape index (κ1) is 29.6. The fourth-order valence-electron chi connectivity index (χ4n) is 4.00. The molecule has 0 saturated carbocycles. The Bertz CT molecular complexity index is 1510. The Morgan fingerprint density at radius 2 is 1.34 bits per heavy atom. The van der Waals surface area contributed by atoms with Crippen LogP contribution >= 0.6 is 0 Å². The SMILES string of the molecule is Cn1nnc(N(Cc2cc(C(F)(F)F)cc(C(F)(F)F)c2)Cc2cc(C(F)(F)F)ccc2C(=O)c2ccccc2)n1. The first-order valence-electron chi connectivity index (χ1n) is 11.6. The van der Waals surface area contributed by atoms with E-state index in [1.54, 1.807) is 18.2 Å². The van der Waals surface area contributed by atoms with Crippen molar-refractivity contribution in [3.63, 3.8) is 0 Å². The lowest BCUT2D eigenvalue weighted by molar-refractivity contribution is -0.143. The number of rotatable bonds is 7. The van der Waals surface area contributed by atoms with Gasteiger partial charge in [-0.2, -0.15) is 44.3 Å². The molecule has 0 bridgehead atoms. The van der Waals surface area contributed by atoms with Crippen LogP contribution in [0.25, 0.3) is 0 Å². The van der Waals surface area contributed by atoms with Crippen LogP contribution in [-0.2, 0) is 38.7 Å². The second kappa shape index (κ2) is 10.9. The van der Waals surface area contributed by atoms with E-state index in [0.29, 0.717) is 24.3 Å².